The van der Waals surface area contributed by atoms with Gasteiger partial charge < -0.3 is 18.0 Å². The molecule has 0 radical (unpaired) electrons. The maximum Gasteiger partial charge on any atom is 0.307 e. The van der Waals surface area contributed by atoms with Crippen LogP contribution in [-0.4, -0.2) is 19.1 Å². The zero-order valence-electron chi connectivity index (χ0n) is 38.4. The van der Waals surface area contributed by atoms with E-state index in [-0.39, 0.29) is 0 Å². The standard InChI is InChI=1S/C64H37N6O2/c1-65-50-35-55(68-38-66-63(40-21-7-3-8-22-40)67-64(68)41-23-9-4-10-24-41)60(39-19-5-2-6-20-39)62(70-52-30-16-12-26-43(52)47-34-49-45-28-14-18-32-57(45)72-59(49)37-54(47)70)61(50)69-51-29-15-11-25-42(51)46-33-48-44-27-13-17-31-56(44)71-58(48)36-53(46)69/h2-38H/q+1. The smallest absolute Gasteiger partial charge is 0.307 e. The molecule has 0 amide bonds. The van der Waals surface area contributed by atoms with Crippen molar-refractivity contribution in [2.45, 2.75) is 0 Å². The van der Waals surface area contributed by atoms with Gasteiger partial charge in [0.15, 0.2) is 0 Å². The van der Waals surface area contributed by atoms with Crippen LogP contribution in [0, 0.1) is 6.57 Å². The van der Waals surface area contributed by atoms with Crippen LogP contribution in [0.3, 0.4) is 0 Å². The average molecular weight is 922 g/mol. The van der Waals surface area contributed by atoms with Crippen LogP contribution in [0.2, 0.25) is 0 Å². The van der Waals surface area contributed by atoms with Crippen LogP contribution in [0.5, 0.6) is 0 Å². The Balaban J connectivity index is 1.17. The van der Waals surface area contributed by atoms with E-state index in [1.165, 1.54) is 0 Å². The predicted molar refractivity (Wildman–Crippen MR) is 289 cm³/mol. The average Bonchev–Trinajstić information content (AvgIpc) is 4.19. The monoisotopic (exact) mass is 921 g/mol. The normalized spacial score (nSPS) is 11.9. The summed E-state index contributed by atoms with van der Waals surface area (Å²) in [6.45, 7) is 9.35. The lowest BCUT2D eigenvalue weighted by atomic mass is 9.97. The number of hydrogen-bond donors (Lipinski definition) is 0. The van der Waals surface area contributed by atoms with E-state index in [4.69, 9.17) is 18.8 Å². The van der Waals surface area contributed by atoms with Gasteiger partial charge in [-0.1, -0.05) is 149 Å². The third kappa shape index (κ3) is 5.82. The maximum atomic E-state index is 9.35. The minimum Gasteiger partial charge on any atom is -0.456 e. The quantitative estimate of drug-likeness (QED) is 0.123. The van der Waals surface area contributed by atoms with Crippen LogP contribution in [0.25, 0.3) is 143 Å². The first-order chi connectivity index (χ1) is 35.7. The summed E-state index contributed by atoms with van der Waals surface area (Å²) < 4.78 is 20.0. The van der Waals surface area contributed by atoms with E-state index >= 15 is 0 Å². The van der Waals surface area contributed by atoms with Gasteiger partial charge in [0.25, 0.3) is 5.82 Å². The topological polar surface area (TPSA) is 70.2 Å². The molecule has 0 unspecified atom stereocenters. The number of aromatic nitrogens is 5. The molecular weight excluding hydrogens is 885 g/mol. The summed E-state index contributed by atoms with van der Waals surface area (Å²) >= 11 is 0. The Bertz CT molecular complexity index is 4750. The Morgan fingerprint density at radius 2 is 0.875 bits per heavy atom. The molecule has 8 nitrogen and oxygen atoms in total. The van der Waals surface area contributed by atoms with Crippen molar-refractivity contribution < 1.29 is 13.4 Å². The Hall–Kier alpha value is -10.1. The van der Waals surface area contributed by atoms with E-state index in [1.807, 2.05) is 91.3 Å². The summed E-state index contributed by atoms with van der Waals surface area (Å²) in [6, 6.07) is 75.1. The molecule has 15 rings (SSSR count). The van der Waals surface area contributed by atoms with E-state index in [9.17, 15) is 6.57 Å². The summed E-state index contributed by atoms with van der Waals surface area (Å²) in [5.41, 5.74) is 13.2. The van der Waals surface area contributed by atoms with Crippen molar-refractivity contribution >= 4 is 93.2 Å². The SMILES string of the molecule is [C-]#[N+]c1cc(-[n+]2cnc(-c3ccccc3)nc2-c2ccccc2)c(-c2ccccc2)c(-n2c3ccccc3c3cc4c(cc32)oc2ccccc24)c1-n1c2ccccc2c2cc3c(cc21)oc1ccccc13. The number of nitrogens with zero attached hydrogens (tertiary/aromatic N) is 6. The van der Waals surface area contributed by atoms with Crippen LogP contribution < -0.4 is 4.57 Å². The highest BCUT2D eigenvalue weighted by Gasteiger charge is 2.32. The highest BCUT2D eigenvalue weighted by molar-refractivity contribution is 6.20. The van der Waals surface area contributed by atoms with Gasteiger partial charge in [-0.15, -0.1) is 0 Å². The summed E-state index contributed by atoms with van der Waals surface area (Å²) in [7, 11) is 0. The first kappa shape index (κ1) is 39.9. The molecule has 0 saturated heterocycles. The lowest BCUT2D eigenvalue weighted by Crippen LogP contribution is -2.36. The van der Waals surface area contributed by atoms with E-state index in [1.54, 1.807) is 0 Å². The van der Waals surface area contributed by atoms with Gasteiger partial charge in [-0.3, -0.25) is 0 Å². The van der Waals surface area contributed by atoms with Crippen LogP contribution in [0.1, 0.15) is 0 Å². The minimum atomic E-state index is 0.432. The van der Waals surface area contributed by atoms with Crippen molar-refractivity contribution in [1.29, 1.82) is 0 Å². The third-order valence-electron chi connectivity index (χ3n) is 14.3. The van der Waals surface area contributed by atoms with Gasteiger partial charge in [-0.25, -0.2) is 4.85 Å². The molecule has 5 heterocycles. The van der Waals surface area contributed by atoms with Crippen molar-refractivity contribution in [2.75, 3.05) is 0 Å². The Morgan fingerprint density at radius 1 is 0.403 bits per heavy atom. The summed E-state index contributed by atoms with van der Waals surface area (Å²) in [5.74, 6) is 1.26. The zero-order chi connectivity index (χ0) is 47.4. The molecule has 0 saturated carbocycles. The first-order valence-electron chi connectivity index (χ1n) is 23.9. The summed E-state index contributed by atoms with van der Waals surface area (Å²) in [6.07, 6.45) is 1.86. The largest absolute Gasteiger partial charge is 0.456 e. The van der Waals surface area contributed by atoms with Crippen molar-refractivity contribution in [1.82, 2.24) is 19.1 Å². The van der Waals surface area contributed by atoms with E-state index < -0.39 is 0 Å². The molecule has 15 aromatic rings. The molecule has 0 aliphatic carbocycles. The van der Waals surface area contributed by atoms with Gasteiger partial charge in [-0.05, 0) is 72.3 Å². The molecular formula is C64H37N6O2+. The third-order valence-corrected chi connectivity index (χ3v) is 14.3. The fraction of sp³-hybridized carbons (Fsp3) is 0. The van der Waals surface area contributed by atoms with Gasteiger partial charge in [0.1, 0.15) is 28.0 Å². The highest BCUT2D eigenvalue weighted by atomic mass is 16.3. The van der Waals surface area contributed by atoms with Gasteiger partial charge in [-0.2, -0.15) is 4.57 Å². The zero-order valence-corrected chi connectivity index (χ0v) is 38.4. The molecule has 0 N–H and O–H groups in total. The summed E-state index contributed by atoms with van der Waals surface area (Å²) in [5, 5.41) is 8.42. The van der Waals surface area contributed by atoms with Crippen LogP contribution in [0.4, 0.5) is 5.69 Å². The van der Waals surface area contributed by atoms with E-state index in [0.717, 1.165) is 121 Å². The van der Waals surface area contributed by atoms with E-state index in [0.29, 0.717) is 23.0 Å². The molecule has 10 aromatic carbocycles. The van der Waals surface area contributed by atoms with Crippen molar-refractivity contribution in [3.63, 3.8) is 0 Å². The summed E-state index contributed by atoms with van der Waals surface area (Å²) in [4.78, 5) is 15.0. The number of furan rings is 2. The Kier molecular flexibility index (Phi) is 8.55. The molecule has 72 heavy (non-hydrogen) atoms. The maximum absolute atomic E-state index is 9.35. The van der Waals surface area contributed by atoms with Crippen LogP contribution in [0.15, 0.2) is 234 Å². The lowest BCUT2D eigenvalue weighted by molar-refractivity contribution is -0.589. The molecule has 8 heteroatoms. The Labute approximate surface area is 410 Å². The number of benzene rings is 10. The predicted octanol–water partition coefficient (Wildman–Crippen LogP) is 16.3. The number of fused-ring (bicyclic) bond motifs is 12. The lowest BCUT2D eigenvalue weighted by Gasteiger charge is -2.24. The molecule has 0 bridgehead atoms. The molecule has 0 spiro atoms. The van der Waals surface area contributed by atoms with Crippen molar-refractivity contribution in [2.24, 2.45) is 0 Å². The number of rotatable bonds is 6. The Morgan fingerprint density at radius 3 is 1.43 bits per heavy atom. The van der Waals surface area contributed by atoms with Crippen LogP contribution >= 0.6 is 0 Å². The van der Waals surface area contributed by atoms with Gasteiger partial charge >= 0.3 is 5.82 Å². The van der Waals surface area contributed by atoms with Crippen molar-refractivity contribution in [3.8, 4) is 51.0 Å². The molecule has 0 aliphatic heterocycles. The van der Waals surface area contributed by atoms with Gasteiger partial charge in [0, 0.05) is 60.8 Å². The molecule has 0 atom stereocenters. The minimum absolute atomic E-state index is 0.432. The second kappa shape index (κ2) is 15.5. The van der Waals surface area contributed by atoms with Gasteiger partial charge in [0.2, 0.25) is 12.0 Å². The molecule has 0 fully saturated rings. The number of para-hydroxylation sites is 4. The molecule has 0 aliphatic rings. The molecule has 334 valence electrons. The second-order valence-electron chi connectivity index (χ2n) is 18.2. The fourth-order valence-corrected chi connectivity index (χ4v) is 11.1. The van der Waals surface area contributed by atoms with E-state index in [2.05, 4.69) is 152 Å². The highest BCUT2D eigenvalue weighted by Crippen LogP contribution is 2.49. The number of hydrogen-bond acceptors (Lipinski definition) is 4. The van der Waals surface area contributed by atoms with Crippen LogP contribution in [-0.2, 0) is 0 Å². The fourth-order valence-electron chi connectivity index (χ4n) is 11.1. The van der Waals surface area contributed by atoms with Crippen molar-refractivity contribution in [3.05, 3.63) is 236 Å². The first-order valence-corrected chi connectivity index (χ1v) is 23.9. The van der Waals surface area contributed by atoms with Gasteiger partial charge in [0.05, 0.1) is 51.1 Å². The molecule has 5 aromatic heterocycles. The second-order valence-corrected chi connectivity index (χ2v) is 18.2.